The van der Waals surface area contributed by atoms with Gasteiger partial charge in [-0.1, -0.05) is 48.5 Å². The number of rotatable bonds is 7. The van der Waals surface area contributed by atoms with Crippen LogP contribution in [0.25, 0.3) is 28.1 Å². The average molecular weight is 530 g/mol. The zero-order valence-corrected chi connectivity index (χ0v) is 22.3. The number of carbonyl (C=O) groups excluding carboxylic acids is 1. The number of nitrogens with zero attached hydrogens (tertiary/aromatic N) is 4. The third-order valence-corrected chi connectivity index (χ3v) is 7.82. The summed E-state index contributed by atoms with van der Waals surface area (Å²) in [6, 6.07) is 32.3. The van der Waals surface area contributed by atoms with E-state index in [1.165, 1.54) is 5.56 Å². The highest BCUT2D eigenvalue weighted by molar-refractivity contribution is 6.14. The van der Waals surface area contributed by atoms with E-state index in [0.717, 1.165) is 78.8 Å². The highest BCUT2D eigenvalue weighted by Gasteiger charge is 2.25. The first-order valence-corrected chi connectivity index (χ1v) is 13.9. The molecule has 1 amide bonds. The minimum atomic E-state index is -0.121. The normalized spacial score (nSPS) is 15.4. The van der Waals surface area contributed by atoms with E-state index in [-0.39, 0.29) is 5.91 Å². The summed E-state index contributed by atoms with van der Waals surface area (Å²) in [6.07, 6.45) is 0. The van der Waals surface area contributed by atoms with Gasteiger partial charge < -0.3 is 10.1 Å². The van der Waals surface area contributed by atoms with Crippen LogP contribution in [0.4, 0.5) is 5.69 Å². The van der Waals surface area contributed by atoms with E-state index in [1.54, 1.807) is 0 Å². The van der Waals surface area contributed by atoms with Crippen molar-refractivity contribution in [2.75, 3.05) is 44.6 Å². The number of nitrogens with one attached hydrogen (secondary N) is 1. The Morgan fingerprint density at radius 2 is 1.52 bits per heavy atom. The molecular weight excluding hydrogens is 498 g/mol. The van der Waals surface area contributed by atoms with Crippen molar-refractivity contribution in [3.8, 4) is 22.8 Å². The van der Waals surface area contributed by atoms with Crippen molar-refractivity contribution in [1.29, 1.82) is 0 Å². The van der Waals surface area contributed by atoms with Crippen LogP contribution in [0, 0.1) is 0 Å². The number of aromatic nitrogens is 2. The molecule has 1 saturated heterocycles. The van der Waals surface area contributed by atoms with Gasteiger partial charge in [-0.3, -0.25) is 19.2 Å². The number of carbonyl (C=O) groups is 1. The quantitative estimate of drug-likeness (QED) is 0.304. The Morgan fingerprint density at radius 3 is 2.35 bits per heavy atom. The van der Waals surface area contributed by atoms with Crippen LogP contribution in [-0.4, -0.2) is 64.6 Å². The van der Waals surface area contributed by atoms with Crippen molar-refractivity contribution in [2.24, 2.45) is 0 Å². The second-order valence-electron chi connectivity index (χ2n) is 10.4. The van der Waals surface area contributed by atoms with Crippen molar-refractivity contribution in [3.05, 3.63) is 108 Å². The molecule has 0 atom stereocenters. The molecule has 0 aliphatic carbocycles. The molecule has 5 aromatic rings. The Kier molecular flexibility index (Phi) is 6.51. The topological polar surface area (TPSA) is 62.6 Å². The molecule has 7 heteroatoms. The summed E-state index contributed by atoms with van der Waals surface area (Å²) >= 11 is 0. The number of fused-ring (bicyclic) bond motifs is 2. The van der Waals surface area contributed by atoms with Crippen molar-refractivity contribution < 1.29 is 9.53 Å². The van der Waals surface area contributed by atoms with Crippen LogP contribution in [0.15, 0.2) is 97.1 Å². The molecule has 0 bridgehead atoms. The maximum atomic E-state index is 13.0. The number of hydrogen-bond acceptors (Lipinski definition) is 5. The molecule has 3 heterocycles. The molecule has 7 nitrogen and oxygen atoms in total. The van der Waals surface area contributed by atoms with Crippen molar-refractivity contribution >= 4 is 22.6 Å². The SMILES string of the molecule is O=C1Nc2ccccc2-n2c(-c3ccc(OCCN4CCN(Cc5ccccc5)CC4)cc3)nc3cccc1c32. The molecular formula is C33H31N5O2. The third kappa shape index (κ3) is 4.74. The van der Waals surface area contributed by atoms with Gasteiger partial charge in [-0.25, -0.2) is 4.98 Å². The lowest BCUT2D eigenvalue weighted by Gasteiger charge is -2.34. The Hall–Kier alpha value is -4.46. The lowest BCUT2D eigenvalue weighted by atomic mass is 10.1. The molecule has 2 aliphatic rings. The highest BCUT2D eigenvalue weighted by Crippen LogP contribution is 2.36. The Balaban J connectivity index is 1.03. The standard InChI is InChI=1S/C33H31N5O2/c39-33-27-9-6-11-29-31(27)38(30-12-5-4-10-28(30)35-33)32(34-29)25-13-15-26(16-14-25)40-22-21-36-17-19-37(20-18-36)23-24-7-2-1-3-8-24/h1-16H,17-23H2,(H,35,39). The molecule has 7 rings (SSSR count). The van der Waals surface area contributed by atoms with Crippen LogP contribution >= 0.6 is 0 Å². The molecule has 0 radical (unpaired) electrons. The van der Waals surface area contributed by atoms with Gasteiger partial charge in [0.25, 0.3) is 5.91 Å². The van der Waals surface area contributed by atoms with E-state index in [4.69, 9.17) is 9.72 Å². The second-order valence-corrected chi connectivity index (χ2v) is 10.4. The first kappa shape index (κ1) is 24.6. The average Bonchev–Trinajstić information content (AvgIpc) is 3.33. The predicted molar refractivity (Wildman–Crippen MR) is 158 cm³/mol. The van der Waals surface area contributed by atoms with Gasteiger partial charge >= 0.3 is 0 Å². The van der Waals surface area contributed by atoms with Gasteiger partial charge in [0.05, 0.1) is 28.0 Å². The van der Waals surface area contributed by atoms with E-state index in [1.807, 2.05) is 66.7 Å². The van der Waals surface area contributed by atoms with Crippen molar-refractivity contribution in [3.63, 3.8) is 0 Å². The minimum Gasteiger partial charge on any atom is -0.492 e. The minimum absolute atomic E-state index is 0.121. The number of piperazine rings is 1. The number of anilines is 1. The number of benzene rings is 4. The van der Waals surface area contributed by atoms with E-state index < -0.39 is 0 Å². The summed E-state index contributed by atoms with van der Waals surface area (Å²) < 4.78 is 8.21. The van der Waals surface area contributed by atoms with Crippen LogP contribution in [0.5, 0.6) is 5.75 Å². The number of hydrogen-bond donors (Lipinski definition) is 1. The monoisotopic (exact) mass is 529 g/mol. The van der Waals surface area contributed by atoms with Crippen molar-refractivity contribution in [1.82, 2.24) is 19.4 Å². The molecule has 1 fully saturated rings. The molecule has 1 N–H and O–H groups in total. The largest absolute Gasteiger partial charge is 0.492 e. The van der Waals surface area contributed by atoms with Gasteiger partial charge in [0.2, 0.25) is 0 Å². The number of amides is 1. The molecule has 0 spiro atoms. The van der Waals surface area contributed by atoms with Crippen molar-refractivity contribution in [2.45, 2.75) is 6.54 Å². The lowest BCUT2D eigenvalue weighted by molar-refractivity contribution is 0.102. The number of ether oxygens (including phenoxy) is 1. The highest BCUT2D eigenvalue weighted by atomic mass is 16.5. The smallest absolute Gasteiger partial charge is 0.257 e. The molecule has 4 aromatic carbocycles. The van der Waals surface area contributed by atoms with E-state index in [9.17, 15) is 4.79 Å². The molecule has 1 aromatic heterocycles. The Bertz CT molecular complexity index is 1650. The summed E-state index contributed by atoms with van der Waals surface area (Å²) in [4.78, 5) is 22.9. The molecule has 0 unspecified atom stereocenters. The fourth-order valence-electron chi connectivity index (χ4n) is 5.71. The fraction of sp³-hybridized carbons (Fsp3) is 0.212. The predicted octanol–water partition coefficient (Wildman–Crippen LogP) is 5.45. The fourth-order valence-corrected chi connectivity index (χ4v) is 5.71. The van der Waals surface area contributed by atoms with E-state index >= 15 is 0 Å². The summed E-state index contributed by atoms with van der Waals surface area (Å²) in [5.74, 6) is 1.52. The molecule has 40 heavy (non-hydrogen) atoms. The lowest BCUT2D eigenvalue weighted by Crippen LogP contribution is -2.47. The third-order valence-electron chi connectivity index (χ3n) is 7.82. The summed E-state index contributed by atoms with van der Waals surface area (Å²) in [6.45, 7) is 6.87. The van der Waals surface area contributed by atoms with Gasteiger partial charge in [-0.15, -0.1) is 0 Å². The summed E-state index contributed by atoms with van der Waals surface area (Å²) in [5, 5.41) is 3.05. The van der Waals surface area contributed by atoms with Gasteiger partial charge in [0, 0.05) is 44.8 Å². The van der Waals surface area contributed by atoms with Gasteiger partial charge in [-0.05, 0) is 54.1 Å². The summed E-state index contributed by atoms with van der Waals surface area (Å²) in [7, 11) is 0. The molecule has 2 aliphatic heterocycles. The van der Waals surface area contributed by atoms with Crippen LogP contribution in [0.3, 0.4) is 0 Å². The zero-order valence-electron chi connectivity index (χ0n) is 22.3. The van der Waals surface area contributed by atoms with E-state index in [2.05, 4.69) is 50.0 Å². The second kappa shape index (κ2) is 10.6. The molecule has 0 saturated carbocycles. The van der Waals surface area contributed by atoms with E-state index in [0.29, 0.717) is 12.2 Å². The Morgan fingerprint density at radius 1 is 0.775 bits per heavy atom. The first-order chi connectivity index (χ1) is 19.7. The van der Waals surface area contributed by atoms with Crippen LogP contribution in [0.1, 0.15) is 15.9 Å². The van der Waals surface area contributed by atoms with Crippen LogP contribution in [0.2, 0.25) is 0 Å². The first-order valence-electron chi connectivity index (χ1n) is 13.9. The van der Waals surface area contributed by atoms with Gasteiger partial charge in [-0.2, -0.15) is 0 Å². The Labute approximate surface area is 233 Å². The van der Waals surface area contributed by atoms with Gasteiger partial charge in [0.15, 0.2) is 0 Å². The maximum Gasteiger partial charge on any atom is 0.257 e. The zero-order chi connectivity index (χ0) is 26.9. The molecule has 200 valence electrons. The van der Waals surface area contributed by atoms with Crippen LogP contribution in [-0.2, 0) is 6.54 Å². The van der Waals surface area contributed by atoms with Crippen LogP contribution < -0.4 is 10.1 Å². The summed E-state index contributed by atoms with van der Waals surface area (Å²) in [5.41, 5.74) is 6.25. The maximum absolute atomic E-state index is 13.0. The van der Waals surface area contributed by atoms with Gasteiger partial charge in [0.1, 0.15) is 18.2 Å². The number of imidazole rings is 1. The number of para-hydroxylation sites is 3.